The van der Waals surface area contributed by atoms with Crippen molar-refractivity contribution in [3.05, 3.63) is 28.7 Å². The Morgan fingerprint density at radius 3 is 2.62 bits per heavy atom. The second-order valence-corrected chi connectivity index (χ2v) is 7.10. The Kier molecular flexibility index (Phi) is 3.83. The molecule has 0 saturated carbocycles. The van der Waals surface area contributed by atoms with Gasteiger partial charge in [-0.3, -0.25) is 0 Å². The lowest BCUT2D eigenvalue weighted by Crippen LogP contribution is -2.35. The van der Waals surface area contributed by atoms with E-state index in [0.717, 1.165) is 25.9 Å². The highest BCUT2D eigenvalue weighted by Crippen LogP contribution is 2.16. The van der Waals surface area contributed by atoms with Crippen LogP contribution in [0.1, 0.15) is 12.8 Å². The molecule has 0 bridgehead atoms. The standard InChI is InChI=1S/C13H18N4O3S/c18-13-16-11-2-1-10(7-12(11)17-13)21(19,20)15-8-9-3-5-14-6-4-9/h1-2,7,9,14-15H,3-6,8H2,(H2,16,17,18). The van der Waals surface area contributed by atoms with Gasteiger partial charge in [-0.2, -0.15) is 0 Å². The summed E-state index contributed by atoms with van der Waals surface area (Å²) in [6, 6.07) is 4.56. The second kappa shape index (κ2) is 5.63. The predicted octanol–water partition coefficient (Wildman–Crippen LogP) is 0.134. The quantitative estimate of drug-likeness (QED) is 0.644. The molecule has 7 nitrogen and oxygen atoms in total. The van der Waals surface area contributed by atoms with Gasteiger partial charge in [0.15, 0.2) is 0 Å². The summed E-state index contributed by atoms with van der Waals surface area (Å²) in [4.78, 5) is 16.5. The molecular formula is C13H18N4O3S. The van der Waals surface area contributed by atoms with Crippen molar-refractivity contribution >= 4 is 21.1 Å². The smallest absolute Gasteiger partial charge is 0.317 e. The molecule has 2 heterocycles. The molecule has 4 N–H and O–H groups in total. The van der Waals surface area contributed by atoms with Crippen molar-refractivity contribution in [1.29, 1.82) is 0 Å². The number of hydrogen-bond donors (Lipinski definition) is 4. The Balaban J connectivity index is 1.77. The molecule has 0 unspecified atom stereocenters. The van der Waals surface area contributed by atoms with E-state index in [1.54, 1.807) is 6.07 Å². The van der Waals surface area contributed by atoms with Gasteiger partial charge in [-0.1, -0.05) is 0 Å². The molecule has 1 aromatic carbocycles. The number of sulfonamides is 1. The van der Waals surface area contributed by atoms with E-state index in [2.05, 4.69) is 20.0 Å². The molecule has 1 aromatic heterocycles. The molecule has 1 fully saturated rings. The largest absolute Gasteiger partial charge is 0.323 e. The number of aromatic nitrogens is 2. The zero-order valence-corrected chi connectivity index (χ0v) is 12.3. The second-order valence-electron chi connectivity index (χ2n) is 5.33. The molecule has 2 aromatic rings. The minimum absolute atomic E-state index is 0.166. The van der Waals surface area contributed by atoms with Gasteiger partial charge >= 0.3 is 5.69 Å². The summed E-state index contributed by atoms with van der Waals surface area (Å²) in [7, 11) is -3.55. The summed E-state index contributed by atoms with van der Waals surface area (Å²) in [6.07, 6.45) is 1.96. The van der Waals surface area contributed by atoms with E-state index in [-0.39, 0.29) is 10.6 Å². The van der Waals surface area contributed by atoms with Gasteiger partial charge in [0, 0.05) is 6.54 Å². The van der Waals surface area contributed by atoms with Crippen LogP contribution in [0.25, 0.3) is 11.0 Å². The third-order valence-corrected chi connectivity index (χ3v) is 5.24. The van der Waals surface area contributed by atoms with Crippen LogP contribution < -0.4 is 15.7 Å². The maximum atomic E-state index is 12.3. The Hall–Kier alpha value is -1.64. The fraction of sp³-hybridized carbons (Fsp3) is 0.462. The summed E-state index contributed by atoms with van der Waals surface area (Å²) in [5.41, 5.74) is 0.740. The lowest BCUT2D eigenvalue weighted by atomic mass is 9.99. The molecule has 1 aliphatic rings. The van der Waals surface area contributed by atoms with E-state index in [4.69, 9.17) is 0 Å². The topological polar surface area (TPSA) is 107 Å². The van der Waals surface area contributed by atoms with Crippen LogP contribution >= 0.6 is 0 Å². The predicted molar refractivity (Wildman–Crippen MR) is 79.7 cm³/mol. The van der Waals surface area contributed by atoms with Gasteiger partial charge in [0.05, 0.1) is 15.9 Å². The lowest BCUT2D eigenvalue weighted by Gasteiger charge is -2.22. The highest BCUT2D eigenvalue weighted by molar-refractivity contribution is 7.89. The van der Waals surface area contributed by atoms with Crippen LogP contribution in [0.2, 0.25) is 0 Å². The lowest BCUT2D eigenvalue weighted by molar-refractivity contribution is 0.372. The summed E-state index contributed by atoms with van der Waals surface area (Å²) < 4.78 is 27.3. The maximum absolute atomic E-state index is 12.3. The van der Waals surface area contributed by atoms with Crippen molar-refractivity contribution < 1.29 is 8.42 Å². The van der Waals surface area contributed by atoms with Gasteiger partial charge in [0.25, 0.3) is 0 Å². The molecule has 0 spiro atoms. The van der Waals surface area contributed by atoms with E-state index >= 15 is 0 Å². The van der Waals surface area contributed by atoms with Crippen LogP contribution in [0.5, 0.6) is 0 Å². The van der Waals surface area contributed by atoms with E-state index in [0.29, 0.717) is 23.5 Å². The summed E-state index contributed by atoms with van der Waals surface area (Å²) in [5.74, 6) is 0.372. The molecule has 1 aliphatic heterocycles. The SMILES string of the molecule is O=c1[nH]c2ccc(S(=O)(=O)NCC3CCNCC3)cc2[nH]1. The molecule has 0 radical (unpaired) electrons. The molecular weight excluding hydrogens is 292 g/mol. The van der Waals surface area contributed by atoms with Gasteiger partial charge in [0.1, 0.15) is 0 Å². The van der Waals surface area contributed by atoms with Gasteiger partial charge in [-0.15, -0.1) is 0 Å². The number of benzene rings is 1. The number of piperidine rings is 1. The zero-order valence-electron chi connectivity index (χ0n) is 11.5. The molecule has 0 atom stereocenters. The minimum Gasteiger partial charge on any atom is -0.317 e. The summed E-state index contributed by atoms with van der Waals surface area (Å²) in [5, 5.41) is 3.25. The number of rotatable bonds is 4. The Bertz CT molecular complexity index is 787. The summed E-state index contributed by atoms with van der Waals surface area (Å²) >= 11 is 0. The Morgan fingerprint density at radius 2 is 1.86 bits per heavy atom. The number of nitrogens with one attached hydrogen (secondary N) is 4. The van der Waals surface area contributed by atoms with E-state index in [1.165, 1.54) is 12.1 Å². The van der Waals surface area contributed by atoms with Crippen molar-refractivity contribution in [1.82, 2.24) is 20.0 Å². The van der Waals surface area contributed by atoms with E-state index in [1.807, 2.05) is 0 Å². The van der Waals surface area contributed by atoms with Crippen LogP contribution in [0, 0.1) is 5.92 Å². The number of aromatic amines is 2. The number of hydrogen-bond acceptors (Lipinski definition) is 4. The molecule has 114 valence electrons. The van der Waals surface area contributed by atoms with E-state index in [9.17, 15) is 13.2 Å². The number of imidazole rings is 1. The fourth-order valence-corrected chi connectivity index (χ4v) is 3.72. The highest BCUT2D eigenvalue weighted by Gasteiger charge is 2.19. The van der Waals surface area contributed by atoms with Crippen LogP contribution in [0.4, 0.5) is 0 Å². The van der Waals surface area contributed by atoms with Gasteiger partial charge in [0.2, 0.25) is 10.0 Å². The molecule has 21 heavy (non-hydrogen) atoms. The van der Waals surface area contributed by atoms with Crippen LogP contribution in [-0.4, -0.2) is 38.0 Å². The third kappa shape index (κ3) is 3.17. The molecule has 8 heteroatoms. The molecule has 3 rings (SSSR count). The third-order valence-electron chi connectivity index (χ3n) is 3.82. The van der Waals surface area contributed by atoms with E-state index < -0.39 is 10.0 Å². The van der Waals surface area contributed by atoms with Crippen molar-refractivity contribution in [3.8, 4) is 0 Å². The fourth-order valence-electron chi connectivity index (χ4n) is 2.58. The Labute approximate surface area is 122 Å². The van der Waals surface area contributed by atoms with Crippen LogP contribution in [-0.2, 0) is 10.0 Å². The molecule has 0 aliphatic carbocycles. The monoisotopic (exact) mass is 310 g/mol. The molecule has 0 amide bonds. The van der Waals surface area contributed by atoms with Gasteiger partial charge in [-0.05, 0) is 50.0 Å². The normalized spacial score (nSPS) is 17.3. The van der Waals surface area contributed by atoms with Crippen molar-refractivity contribution in [2.24, 2.45) is 5.92 Å². The summed E-state index contributed by atoms with van der Waals surface area (Å²) in [6.45, 7) is 2.32. The van der Waals surface area contributed by atoms with Crippen molar-refractivity contribution in [2.45, 2.75) is 17.7 Å². The first kappa shape index (κ1) is 14.3. The average Bonchev–Trinajstić information content (AvgIpc) is 2.85. The van der Waals surface area contributed by atoms with Crippen LogP contribution in [0.15, 0.2) is 27.9 Å². The van der Waals surface area contributed by atoms with Gasteiger partial charge in [-0.25, -0.2) is 17.9 Å². The minimum atomic E-state index is -3.55. The zero-order chi connectivity index (χ0) is 14.9. The van der Waals surface area contributed by atoms with Crippen molar-refractivity contribution in [3.63, 3.8) is 0 Å². The van der Waals surface area contributed by atoms with Crippen molar-refractivity contribution in [2.75, 3.05) is 19.6 Å². The maximum Gasteiger partial charge on any atom is 0.323 e. The first-order valence-electron chi connectivity index (χ1n) is 6.97. The highest BCUT2D eigenvalue weighted by atomic mass is 32.2. The Morgan fingerprint density at radius 1 is 1.14 bits per heavy atom. The first-order chi connectivity index (χ1) is 10.0. The molecule has 1 saturated heterocycles. The number of H-pyrrole nitrogens is 2. The van der Waals surface area contributed by atoms with Crippen LogP contribution in [0.3, 0.4) is 0 Å². The van der Waals surface area contributed by atoms with Gasteiger partial charge < -0.3 is 15.3 Å². The average molecular weight is 310 g/mol. The first-order valence-corrected chi connectivity index (χ1v) is 8.45. The number of fused-ring (bicyclic) bond motifs is 1.